The van der Waals surface area contributed by atoms with Crippen molar-refractivity contribution in [2.24, 2.45) is 0 Å². The number of rotatable bonds is 10. The topological polar surface area (TPSA) is 134 Å². The van der Waals surface area contributed by atoms with Gasteiger partial charge in [-0.2, -0.15) is 0 Å². The van der Waals surface area contributed by atoms with Crippen molar-refractivity contribution in [1.82, 2.24) is 29.9 Å². The summed E-state index contributed by atoms with van der Waals surface area (Å²) in [6.45, 7) is 5.35. The minimum Gasteiger partial charge on any atom is -0.408 e. The summed E-state index contributed by atoms with van der Waals surface area (Å²) >= 11 is 0. The molecule has 3 aromatic rings. The zero-order valence-corrected chi connectivity index (χ0v) is 27.5. The number of carbonyl (C=O) groups is 3. The lowest BCUT2D eigenvalue weighted by atomic mass is 9.94. The van der Waals surface area contributed by atoms with Crippen molar-refractivity contribution in [3.05, 3.63) is 64.1 Å². The van der Waals surface area contributed by atoms with Gasteiger partial charge in [0.15, 0.2) is 5.58 Å². The number of benzene rings is 2. The van der Waals surface area contributed by atoms with Crippen LogP contribution in [0.3, 0.4) is 0 Å². The van der Waals surface area contributed by atoms with Gasteiger partial charge in [-0.3, -0.25) is 9.78 Å². The number of likely N-dealkylation sites (tertiary alicyclic amines) is 1. The number of H-pyrrole nitrogens is 1. The summed E-state index contributed by atoms with van der Waals surface area (Å²) in [6.07, 6.45) is 7.75. The molecule has 12 heteroatoms. The number of aromatic amines is 1. The highest BCUT2D eigenvalue weighted by Crippen LogP contribution is 2.28. The summed E-state index contributed by atoms with van der Waals surface area (Å²) in [5.41, 5.74) is 3.71. The van der Waals surface area contributed by atoms with Gasteiger partial charge in [0.05, 0.1) is 5.52 Å². The smallest absolute Gasteiger partial charge is 0.408 e. The summed E-state index contributed by atoms with van der Waals surface area (Å²) in [5, 5.41) is 6.05. The maximum absolute atomic E-state index is 14.1. The Kier molecular flexibility index (Phi) is 10.1. The number of urea groups is 2. The molecule has 0 spiro atoms. The van der Waals surface area contributed by atoms with Gasteiger partial charge in [-0.25, -0.2) is 14.4 Å². The maximum Gasteiger partial charge on any atom is 0.417 e. The summed E-state index contributed by atoms with van der Waals surface area (Å²) in [5.74, 6) is -0.668. The fourth-order valence-corrected chi connectivity index (χ4v) is 7.32. The fourth-order valence-electron chi connectivity index (χ4n) is 7.32. The molecule has 47 heavy (non-hydrogen) atoms. The van der Waals surface area contributed by atoms with E-state index >= 15 is 0 Å². The number of carbonyl (C=O) groups excluding carboxylic acids is 3. The normalized spacial score (nSPS) is 18.2. The number of nitrogens with one attached hydrogen (secondary N) is 3. The van der Waals surface area contributed by atoms with E-state index < -0.39 is 11.8 Å². The van der Waals surface area contributed by atoms with Gasteiger partial charge in [-0.15, -0.1) is 0 Å². The van der Waals surface area contributed by atoms with Crippen LogP contribution in [0, 0.1) is 0 Å². The average Bonchev–Trinajstić information content (AvgIpc) is 3.47. The molecule has 0 radical (unpaired) electrons. The molecule has 5 amide bonds. The van der Waals surface area contributed by atoms with Crippen LogP contribution >= 0.6 is 0 Å². The van der Waals surface area contributed by atoms with Crippen LogP contribution in [0.1, 0.15) is 63.0 Å². The van der Waals surface area contributed by atoms with Crippen LogP contribution in [0.25, 0.3) is 11.1 Å². The van der Waals surface area contributed by atoms with Crippen molar-refractivity contribution in [3.63, 3.8) is 0 Å². The van der Waals surface area contributed by atoms with E-state index in [0.29, 0.717) is 62.7 Å². The predicted molar refractivity (Wildman–Crippen MR) is 180 cm³/mol. The van der Waals surface area contributed by atoms with Gasteiger partial charge in [0.25, 0.3) is 0 Å². The van der Waals surface area contributed by atoms with Crippen molar-refractivity contribution in [2.75, 3.05) is 45.1 Å². The minimum atomic E-state index is -0.798. The minimum absolute atomic E-state index is 0.0179. The van der Waals surface area contributed by atoms with Gasteiger partial charge in [-0.05, 0) is 69.0 Å². The first kappa shape index (κ1) is 32.6. The molecule has 1 saturated carbocycles. The Morgan fingerprint density at radius 2 is 1.79 bits per heavy atom. The summed E-state index contributed by atoms with van der Waals surface area (Å²) in [6, 6.07) is 12.5. The summed E-state index contributed by atoms with van der Waals surface area (Å²) in [4.78, 5) is 62.9. The third kappa shape index (κ3) is 7.64. The highest BCUT2D eigenvalue weighted by Gasteiger charge is 2.34. The average molecular weight is 646 g/mol. The molecule has 1 aliphatic carbocycles. The largest absolute Gasteiger partial charge is 0.417 e. The van der Waals surface area contributed by atoms with Gasteiger partial charge in [-0.1, -0.05) is 43.5 Å². The molecule has 0 unspecified atom stereocenters. The second-order valence-electron chi connectivity index (χ2n) is 13.2. The number of para-hydroxylation sites is 1. The molecular formula is C35H47N7O5. The number of likely N-dealkylation sites (N-methyl/N-ethyl adjacent to an activating group) is 2. The van der Waals surface area contributed by atoms with Crippen molar-refractivity contribution in [1.29, 1.82) is 0 Å². The number of hydrogen-bond donors (Lipinski definition) is 3. The number of aromatic nitrogens is 1. The van der Waals surface area contributed by atoms with E-state index in [-0.39, 0.29) is 30.4 Å². The van der Waals surface area contributed by atoms with Crippen LogP contribution in [0.2, 0.25) is 0 Å². The second-order valence-corrected chi connectivity index (χ2v) is 13.2. The summed E-state index contributed by atoms with van der Waals surface area (Å²) in [7, 11) is 2.14. The Balaban J connectivity index is 1.11. The SMILES string of the molecule is CCN(CCN(C)C1CCCCC1)C(=O)[C@@H](Cc1ccc2[nH]c(=O)oc2c1)NC(=O)N1CCC(N2Cc3ccccc3NC2=O)CC1. The standard InChI is InChI=1S/C35H47N7O5/c1-3-40(20-19-39(2)26-10-5-4-6-11-26)32(43)30(21-24-13-14-29-31(22-24)47-35(46)38-29)37-33(44)41-17-15-27(16-18-41)42-23-25-9-7-8-12-28(25)36-34(42)45/h7-9,12-14,22,26-27,30H,3-6,10-11,15-21,23H2,1-2H3,(H,36,45)(H,37,44)(H,38,46)/t30-/m1/s1. The fraction of sp³-hybridized carbons (Fsp3) is 0.543. The molecule has 1 aromatic heterocycles. The zero-order chi connectivity index (χ0) is 32.9. The van der Waals surface area contributed by atoms with Gasteiger partial charge in [0.1, 0.15) is 6.04 Å². The Morgan fingerprint density at radius 3 is 2.55 bits per heavy atom. The monoisotopic (exact) mass is 645 g/mol. The molecule has 2 aliphatic heterocycles. The molecule has 1 atom stereocenters. The highest BCUT2D eigenvalue weighted by atomic mass is 16.4. The first-order chi connectivity index (χ1) is 22.8. The first-order valence-corrected chi connectivity index (χ1v) is 17.1. The number of nitrogens with zero attached hydrogens (tertiary/aromatic N) is 4. The quantitative estimate of drug-likeness (QED) is 0.300. The number of hydrogen-bond acceptors (Lipinski definition) is 6. The molecule has 2 aromatic carbocycles. The van der Waals surface area contributed by atoms with Crippen LogP contribution in [0.15, 0.2) is 51.7 Å². The van der Waals surface area contributed by atoms with Crippen LogP contribution in [-0.4, -0.2) is 100 Å². The van der Waals surface area contributed by atoms with Crippen LogP contribution in [-0.2, 0) is 17.8 Å². The van der Waals surface area contributed by atoms with Gasteiger partial charge in [0.2, 0.25) is 5.91 Å². The van der Waals surface area contributed by atoms with Crippen molar-refractivity contribution in [2.45, 2.75) is 83.0 Å². The Hall–Kier alpha value is -4.32. The van der Waals surface area contributed by atoms with Crippen LogP contribution in [0.4, 0.5) is 15.3 Å². The molecule has 1 saturated heterocycles. The number of oxazole rings is 1. The Morgan fingerprint density at radius 1 is 1.02 bits per heavy atom. The van der Waals surface area contributed by atoms with Crippen molar-refractivity contribution < 1.29 is 18.8 Å². The summed E-state index contributed by atoms with van der Waals surface area (Å²) < 4.78 is 5.27. The van der Waals surface area contributed by atoms with E-state index in [0.717, 1.165) is 23.4 Å². The van der Waals surface area contributed by atoms with Gasteiger partial charge < -0.3 is 34.7 Å². The Bertz CT molecular complexity index is 1620. The number of anilines is 1. The lowest BCUT2D eigenvalue weighted by Crippen LogP contribution is -2.56. The van der Waals surface area contributed by atoms with E-state index in [2.05, 4.69) is 27.6 Å². The highest BCUT2D eigenvalue weighted by molar-refractivity contribution is 5.92. The predicted octanol–water partition coefficient (Wildman–Crippen LogP) is 4.37. The molecule has 3 heterocycles. The Labute approximate surface area is 275 Å². The third-order valence-electron chi connectivity index (χ3n) is 10.2. The van der Waals surface area contributed by atoms with Crippen molar-refractivity contribution >= 4 is 34.8 Å². The second kappa shape index (κ2) is 14.6. The van der Waals surface area contributed by atoms with E-state index in [1.54, 1.807) is 17.0 Å². The van der Waals surface area contributed by atoms with Crippen molar-refractivity contribution in [3.8, 4) is 0 Å². The molecule has 3 N–H and O–H groups in total. The van der Waals surface area contributed by atoms with E-state index in [1.165, 1.54) is 32.1 Å². The molecule has 252 valence electrons. The lowest BCUT2D eigenvalue weighted by molar-refractivity contribution is -0.133. The van der Waals surface area contributed by atoms with Gasteiger partial charge in [0, 0.05) is 63.5 Å². The van der Waals surface area contributed by atoms with Gasteiger partial charge >= 0.3 is 17.8 Å². The molecule has 3 aliphatic rings. The molecule has 2 fully saturated rings. The number of fused-ring (bicyclic) bond motifs is 2. The molecule has 6 rings (SSSR count). The number of amides is 5. The van der Waals surface area contributed by atoms with Crippen LogP contribution in [0.5, 0.6) is 0 Å². The van der Waals surface area contributed by atoms with E-state index in [4.69, 9.17) is 4.42 Å². The lowest BCUT2D eigenvalue weighted by Gasteiger charge is -2.41. The van der Waals surface area contributed by atoms with E-state index in [9.17, 15) is 19.2 Å². The molecule has 12 nitrogen and oxygen atoms in total. The zero-order valence-electron chi connectivity index (χ0n) is 27.5. The van der Waals surface area contributed by atoms with Crippen LogP contribution < -0.4 is 16.4 Å². The van der Waals surface area contributed by atoms with E-state index in [1.807, 2.05) is 47.1 Å². The first-order valence-electron chi connectivity index (χ1n) is 17.1. The molecular weight excluding hydrogens is 598 g/mol. The molecule has 0 bridgehead atoms. The third-order valence-corrected chi connectivity index (χ3v) is 10.2. The maximum atomic E-state index is 14.1. The number of piperidine rings is 1.